The van der Waals surface area contributed by atoms with E-state index in [9.17, 15) is 14.4 Å². The van der Waals surface area contributed by atoms with Crippen LogP contribution in [-0.4, -0.2) is 47.0 Å². The summed E-state index contributed by atoms with van der Waals surface area (Å²) in [6.45, 7) is 5.64. The van der Waals surface area contributed by atoms with E-state index in [1.54, 1.807) is 32.9 Å². The molecule has 0 aromatic heterocycles. The van der Waals surface area contributed by atoms with E-state index in [0.29, 0.717) is 25.1 Å². The predicted molar refractivity (Wildman–Crippen MR) is 107 cm³/mol. The molecule has 0 aliphatic carbocycles. The number of Topliss-reactive ketones (excluding diaryl/α,β-unsaturated/α-hetero) is 1. The quantitative estimate of drug-likeness (QED) is 0.230. The first-order valence-electron chi connectivity index (χ1n) is 9.33. The molecule has 11 heteroatoms. The van der Waals surface area contributed by atoms with Crippen molar-refractivity contribution >= 4 is 29.7 Å². The van der Waals surface area contributed by atoms with Gasteiger partial charge < -0.3 is 20.9 Å². The highest BCUT2D eigenvalue weighted by Crippen LogP contribution is 2.14. The molecule has 30 heavy (non-hydrogen) atoms. The van der Waals surface area contributed by atoms with E-state index in [1.165, 1.54) is 12.1 Å². The van der Waals surface area contributed by atoms with Crippen molar-refractivity contribution in [3.63, 3.8) is 0 Å². The number of amides is 2. The number of nitrogens with zero attached hydrogens (tertiary/aromatic N) is 4. The molecule has 11 nitrogen and oxygen atoms in total. The van der Waals surface area contributed by atoms with E-state index < -0.39 is 29.4 Å². The number of hydrogen-bond acceptors (Lipinski definition) is 6. The lowest BCUT2D eigenvalue weighted by Crippen LogP contribution is -2.41. The van der Waals surface area contributed by atoms with Gasteiger partial charge in [-0.25, -0.2) is 4.79 Å². The second-order valence-corrected chi connectivity index (χ2v) is 7.35. The van der Waals surface area contributed by atoms with Gasteiger partial charge in [-0.3, -0.25) is 9.59 Å². The number of carbonyl (C=O) groups is 3. The highest BCUT2D eigenvalue weighted by Gasteiger charge is 2.23. The van der Waals surface area contributed by atoms with Crippen molar-refractivity contribution in [2.24, 2.45) is 5.11 Å². The van der Waals surface area contributed by atoms with E-state index in [0.717, 1.165) is 6.21 Å². The lowest BCUT2D eigenvalue weighted by molar-refractivity contribution is -0.117. The molecule has 1 aromatic rings. The van der Waals surface area contributed by atoms with Crippen LogP contribution in [0.3, 0.4) is 0 Å². The Kier molecular flexibility index (Phi) is 9.75. The zero-order valence-corrected chi connectivity index (χ0v) is 17.2. The van der Waals surface area contributed by atoms with Crippen LogP contribution in [0.4, 0.5) is 10.5 Å². The van der Waals surface area contributed by atoms with Gasteiger partial charge in [0.25, 0.3) is 11.7 Å². The minimum Gasteiger partial charge on any atom is -0.444 e. The van der Waals surface area contributed by atoms with Crippen LogP contribution in [0.2, 0.25) is 0 Å². The van der Waals surface area contributed by atoms with Crippen LogP contribution in [0.15, 0.2) is 29.4 Å². The summed E-state index contributed by atoms with van der Waals surface area (Å²) < 4.78 is 5.13. The minimum atomic E-state index is -0.906. The second kappa shape index (κ2) is 12.0. The van der Waals surface area contributed by atoms with Gasteiger partial charge in [0.15, 0.2) is 10.8 Å². The lowest BCUT2D eigenvalue weighted by Gasteiger charge is -2.19. The van der Waals surface area contributed by atoms with Gasteiger partial charge in [0, 0.05) is 12.1 Å². The molecule has 0 radical (unpaired) electrons. The van der Waals surface area contributed by atoms with Crippen molar-refractivity contribution in [1.29, 1.82) is 5.53 Å². The lowest BCUT2D eigenvalue weighted by atomic mass is 10.0. The summed E-state index contributed by atoms with van der Waals surface area (Å²) in [5.74, 6) is -1.08. The molecule has 160 valence electrons. The Balaban J connectivity index is 2.63. The number of ether oxygens (including phenoxy) is 1. The third-order valence-electron chi connectivity index (χ3n) is 3.70. The molecule has 1 atom stereocenters. The van der Waals surface area contributed by atoms with E-state index in [1.807, 2.05) is 0 Å². The maximum absolute atomic E-state index is 12.5. The summed E-state index contributed by atoms with van der Waals surface area (Å²) in [5.41, 5.74) is 15.4. The molecule has 0 spiro atoms. The Labute approximate surface area is 174 Å². The molecule has 1 rings (SSSR count). The summed E-state index contributed by atoms with van der Waals surface area (Å²) >= 11 is 0. The molecular weight excluding hydrogens is 390 g/mol. The molecule has 3 N–H and O–H groups in total. The Hall–Kier alpha value is -3.68. The molecule has 0 aliphatic rings. The van der Waals surface area contributed by atoms with Crippen molar-refractivity contribution in [2.45, 2.75) is 51.7 Å². The zero-order chi connectivity index (χ0) is 22.6. The summed E-state index contributed by atoms with van der Waals surface area (Å²) in [7, 11) is 0. The number of rotatable bonds is 10. The van der Waals surface area contributed by atoms with Crippen molar-refractivity contribution in [2.75, 3.05) is 6.54 Å². The first kappa shape index (κ1) is 24.4. The summed E-state index contributed by atoms with van der Waals surface area (Å²) in [6.07, 6.45) is 1.54. The molecule has 0 bridgehead atoms. The van der Waals surface area contributed by atoms with E-state index in [-0.39, 0.29) is 12.0 Å². The van der Waals surface area contributed by atoms with Gasteiger partial charge in [-0.15, -0.1) is 0 Å². The van der Waals surface area contributed by atoms with Gasteiger partial charge in [-0.2, -0.15) is 4.79 Å². The van der Waals surface area contributed by atoms with Crippen molar-refractivity contribution in [1.82, 2.24) is 15.5 Å². The molecule has 0 saturated heterocycles. The fourth-order valence-corrected chi connectivity index (χ4v) is 2.42. The maximum Gasteiger partial charge on any atom is 0.407 e. The van der Waals surface area contributed by atoms with Crippen LogP contribution in [0, 0.1) is 5.53 Å². The fourth-order valence-electron chi connectivity index (χ4n) is 2.42. The van der Waals surface area contributed by atoms with Crippen molar-refractivity contribution in [3.8, 4) is 0 Å². The van der Waals surface area contributed by atoms with Gasteiger partial charge in [-0.05, 0) is 58.2 Å². The molecule has 0 unspecified atom stereocenters. The van der Waals surface area contributed by atoms with Crippen LogP contribution < -0.4 is 15.5 Å². The smallest absolute Gasteiger partial charge is 0.407 e. The number of nitrogens with one attached hydrogen (secondary N) is 3. The van der Waals surface area contributed by atoms with Crippen molar-refractivity contribution in [3.05, 3.63) is 35.4 Å². The highest BCUT2D eigenvalue weighted by molar-refractivity contribution is 6.28. The number of unbranched alkanes of at least 4 members (excludes halogenated alkanes) is 1. The second-order valence-electron chi connectivity index (χ2n) is 7.35. The van der Waals surface area contributed by atoms with Crippen LogP contribution in [0.25, 0.3) is 5.53 Å². The monoisotopic (exact) mass is 416 g/mol. The average molecular weight is 416 g/mol. The first-order valence-corrected chi connectivity index (χ1v) is 9.33. The Morgan fingerprint density at radius 3 is 2.67 bits per heavy atom. The Morgan fingerprint density at radius 1 is 1.30 bits per heavy atom. The molecule has 0 fully saturated rings. The maximum atomic E-state index is 12.5. The molecule has 0 aliphatic heterocycles. The summed E-state index contributed by atoms with van der Waals surface area (Å²) in [4.78, 5) is 41.9. The normalized spacial score (nSPS) is 11.3. The Bertz CT molecular complexity index is 866. The average Bonchev–Trinajstić information content (AvgIpc) is 2.66. The third kappa shape index (κ3) is 9.50. The number of alkyl carbamates (subject to hydrolysis) is 1. The van der Waals surface area contributed by atoms with Crippen LogP contribution in [0.1, 0.15) is 50.4 Å². The summed E-state index contributed by atoms with van der Waals surface area (Å²) in [5, 5.41) is 8.76. The molecule has 2 amide bonds. The summed E-state index contributed by atoms with van der Waals surface area (Å²) in [6, 6.07) is 5.21. The highest BCUT2D eigenvalue weighted by atomic mass is 16.6. The van der Waals surface area contributed by atoms with Gasteiger partial charge in [-0.1, -0.05) is 6.07 Å². The number of ketones is 1. The van der Waals surface area contributed by atoms with Gasteiger partial charge >= 0.3 is 12.3 Å². The molecular formula is C19H26N7O4+. The first-order chi connectivity index (χ1) is 14.2. The zero-order valence-electron chi connectivity index (χ0n) is 17.2. The van der Waals surface area contributed by atoms with E-state index >= 15 is 0 Å². The standard InChI is InChI=1S/C19H25N7O4/c1-19(2,3)30-18(29)22-10-5-4-9-15(16(27)12-23-20)24-17(28)13-7-6-8-14(11-13)25-26-21/h6-8,11-12,15,21H,4-5,9-10H2,1-3H3,(H-,22,24,28,29)/p+1/t15-/m0/s1. The van der Waals surface area contributed by atoms with Crippen LogP contribution in [0.5, 0.6) is 0 Å². The van der Waals surface area contributed by atoms with Crippen molar-refractivity contribution < 1.29 is 23.9 Å². The Morgan fingerprint density at radius 2 is 2.03 bits per heavy atom. The minimum absolute atomic E-state index is 0.241. The predicted octanol–water partition coefficient (Wildman–Crippen LogP) is 2.53. The molecule has 0 heterocycles. The van der Waals surface area contributed by atoms with Crippen LogP contribution in [-0.2, 0) is 9.53 Å². The van der Waals surface area contributed by atoms with Gasteiger partial charge in [0.2, 0.25) is 4.91 Å². The third-order valence-corrected chi connectivity index (χ3v) is 3.70. The fraction of sp³-hybridized carbons (Fsp3) is 0.474. The van der Waals surface area contributed by atoms with Gasteiger partial charge in [0.1, 0.15) is 11.1 Å². The van der Waals surface area contributed by atoms with E-state index in [2.05, 4.69) is 25.4 Å². The van der Waals surface area contributed by atoms with Gasteiger partial charge in [0.05, 0.1) is 6.04 Å². The number of hydrogen-bond donors (Lipinski definition) is 3. The molecule has 1 aromatic carbocycles. The SMILES string of the molecule is CC(C)(C)OC(=O)NCCCC[C@H](NC(=O)c1cccc(N=[N+]=N)c1)C(=O)C=[N+]=[N-]. The molecule has 0 saturated carbocycles. The van der Waals surface area contributed by atoms with E-state index in [4.69, 9.17) is 15.8 Å². The van der Waals surface area contributed by atoms with Crippen LogP contribution >= 0.6 is 0 Å². The number of benzene rings is 1. The largest absolute Gasteiger partial charge is 0.444 e. The number of carbonyl (C=O) groups excluding carboxylic acids is 3. The topological polar surface area (TPSA) is 171 Å².